The second-order valence-corrected chi connectivity index (χ2v) is 9.96. The van der Waals surface area contributed by atoms with Crippen molar-refractivity contribution in [3.8, 4) is 0 Å². The van der Waals surface area contributed by atoms with Gasteiger partial charge in [0.2, 0.25) is 19.4 Å². The molecule has 0 aliphatic carbocycles. The van der Waals surface area contributed by atoms with Gasteiger partial charge in [-0.05, 0) is 52.1 Å². The highest BCUT2D eigenvalue weighted by Gasteiger charge is 2.34. The van der Waals surface area contributed by atoms with Gasteiger partial charge in [-0.3, -0.25) is 9.32 Å². The Kier molecular flexibility index (Phi) is 11.3. The van der Waals surface area contributed by atoms with Gasteiger partial charge in [-0.2, -0.15) is 4.37 Å². The van der Waals surface area contributed by atoms with Gasteiger partial charge in [-0.25, -0.2) is 28.2 Å². The first-order chi connectivity index (χ1) is 16.5. The van der Waals surface area contributed by atoms with Crippen molar-refractivity contribution in [1.82, 2.24) is 9.36 Å². The topological polar surface area (TPSA) is 194 Å². The summed E-state index contributed by atoms with van der Waals surface area (Å²) < 4.78 is 56.7. The molecule has 0 saturated carbocycles. The zero-order valence-electron chi connectivity index (χ0n) is 19.6. The average molecular weight is 541 g/mol. The maximum Gasteiger partial charge on any atom is 0.510 e. The first-order valence-electron chi connectivity index (χ1n) is 10.5. The van der Waals surface area contributed by atoms with Gasteiger partial charge >= 0.3 is 20.1 Å². The van der Waals surface area contributed by atoms with Gasteiger partial charge in [0.1, 0.15) is 11.1 Å². The molecule has 0 radical (unpaired) electrons. The van der Waals surface area contributed by atoms with Crippen LogP contribution in [0.4, 0.5) is 9.59 Å². The minimum absolute atomic E-state index is 0.105. The summed E-state index contributed by atoms with van der Waals surface area (Å²) >= 11 is 0.984. The van der Waals surface area contributed by atoms with E-state index in [-0.39, 0.29) is 12.4 Å². The number of ether oxygens (including phenoxy) is 5. The van der Waals surface area contributed by atoms with Crippen molar-refractivity contribution in [2.75, 3.05) is 20.2 Å². The molecule has 1 aliphatic heterocycles. The number of primary amides is 1. The molecule has 0 bridgehead atoms. The van der Waals surface area contributed by atoms with Crippen LogP contribution in [0.1, 0.15) is 62.3 Å². The average Bonchev–Trinajstić information content (AvgIpc) is 3.41. The number of carbonyl (C=O) groups excluding carboxylic acids is 3. The fourth-order valence-corrected chi connectivity index (χ4v) is 4.16. The molecule has 15 nitrogen and oxygen atoms in total. The van der Waals surface area contributed by atoms with Crippen LogP contribution in [-0.4, -0.2) is 66.1 Å². The van der Waals surface area contributed by atoms with Gasteiger partial charge < -0.3 is 29.4 Å². The lowest BCUT2D eigenvalue weighted by Gasteiger charge is -2.20. The Morgan fingerprint density at radius 3 is 2.09 bits per heavy atom. The van der Waals surface area contributed by atoms with Crippen molar-refractivity contribution in [3.63, 3.8) is 0 Å². The summed E-state index contributed by atoms with van der Waals surface area (Å²) in [5.41, 5.74) is 5.16. The Morgan fingerprint density at radius 1 is 1.03 bits per heavy atom. The van der Waals surface area contributed by atoms with Crippen LogP contribution in [0.2, 0.25) is 0 Å². The van der Waals surface area contributed by atoms with E-state index in [0.29, 0.717) is 17.8 Å². The number of rotatable bonds is 13. The van der Waals surface area contributed by atoms with Crippen molar-refractivity contribution in [2.45, 2.75) is 65.0 Å². The summed E-state index contributed by atoms with van der Waals surface area (Å²) in [5.74, 6) is -0.855. The second-order valence-electron chi connectivity index (χ2n) is 7.50. The number of hydrogen-bond donors (Lipinski definition) is 1. The van der Waals surface area contributed by atoms with E-state index < -0.39 is 64.0 Å². The monoisotopic (exact) mass is 541 g/mol. The quantitative estimate of drug-likeness (QED) is 0.217. The summed E-state index contributed by atoms with van der Waals surface area (Å²) in [4.78, 5) is 38.2. The van der Waals surface area contributed by atoms with Crippen LogP contribution in [0.5, 0.6) is 0 Å². The fourth-order valence-electron chi connectivity index (χ4n) is 2.49. The lowest BCUT2D eigenvalue weighted by atomic mass is 10.2. The largest absolute Gasteiger partial charge is 0.510 e. The molecule has 1 aromatic heterocycles. The van der Waals surface area contributed by atoms with E-state index in [0.717, 1.165) is 11.5 Å². The maximum atomic E-state index is 12.9. The molecule has 2 heterocycles. The molecule has 1 aliphatic rings. The highest BCUT2D eigenvalue weighted by atomic mass is 32.1. The van der Waals surface area contributed by atoms with Crippen LogP contribution in [0.25, 0.3) is 0 Å². The van der Waals surface area contributed by atoms with Crippen LogP contribution < -0.4 is 5.73 Å². The molecule has 2 atom stereocenters. The number of aromatic nitrogens is 2. The second kappa shape index (κ2) is 13.7. The molecule has 1 saturated heterocycles. The zero-order chi connectivity index (χ0) is 26.0. The first-order valence-corrected chi connectivity index (χ1v) is 12.7. The predicted molar refractivity (Wildman–Crippen MR) is 116 cm³/mol. The molecule has 0 aromatic carbocycles. The number of nitrogens with zero attached hydrogens (tertiary/aromatic N) is 2. The molecule has 1 aromatic rings. The Bertz CT molecular complexity index is 879. The van der Waals surface area contributed by atoms with E-state index in [2.05, 4.69) is 18.8 Å². The molecule has 2 unspecified atom stereocenters. The normalized spacial score (nSPS) is 18.0. The molecule has 35 heavy (non-hydrogen) atoms. The Balaban J connectivity index is 1.89. The van der Waals surface area contributed by atoms with Crippen LogP contribution in [-0.2, 0) is 41.8 Å². The van der Waals surface area contributed by atoms with Crippen LogP contribution in [0.15, 0.2) is 0 Å². The lowest BCUT2D eigenvalue weighted by molar-refractivity contribution is -0.0534. The third-order valence-electron chi connectivity index (χ3n) is 3.90. The van der Waals surface area contributed by atoms with Gasteiger partial charge in [-0.15, -0.1) is 0 Å². The molecule has 17 heteroatoms. The predicted octanol–water partition coefficient (Wildman–Crippen LogP) is 3.05. The Hall–Kier alpha value is -2.36. The summed E-state index contributed by atoms with van der Waals surface area (Å²) in [5, 5.41) is 0.464. The summed E-state index contributed by atoms with van der Waals surface area (Å²) in [6.07, 6.45) is -2.98. The standard InChI is InChI=1S/C18H28N3O12PS/c1-10(2)31-17(23)26-8-29-34(25,30-9-27-18(24)32-11(3)4)28-7-12-5-6-13(33-12)16-20-15(14(19)22)21-35-16/h10-13H,5-9H2,1-4H3,(H2,19,22). The number of carbonyl (C=O) groups is 3. The third kappa shape index (κ3) is 10.4. The van der Waals surface area contributed by atoms with Crippen LogP contribution in [0.3, 0.4) is 0 Å². The van der Waals surface area contributed by atoms with Crippen molar-refractivity contribution in [2.24, 2.45) is 5.73 Å². The van der Waals surface area contributed by atoms with Crippen LogP contribution in [0, 0.1) is 0 Å². The SMILES string of the molecule is CC(C)OC(=O)OCOP(=O)(OCOC(=O)OC(C)C)OCC1CCC(c2nc(C(N)=O)ns2)O1. The van der Waals surface area contributed by atoms with Gasteiger partial charge in [0, 0.05) is 0 Å². The number of hydrogen-bond acceptors (Lipinski definition) is 15. The lowest BCUT2D eigenvalue weighted by Crippen LogP contribution is -2.19. The minimum Gasteiger partial charge on any atom is -0.432 e. The van der Waals surface area contributed by atoms with Crippen LogP contribution >= 0.6 is 19.4 Å². The summed E-state index contributed by atoms with van der Waals surface area (Å²) in [7, 11) is -4.39. The van der Waals surface area contributed by atoms with Gasteiger partial charge in [-0.1, -0.05) is 0 Å². The molecule has 0 spiro atoms. The number of nitrogens with two attached hydrogens (primary N) is 1. The van der Waals surface area contributed by atoms with E-state index in [9.17, 15) is 18.9 Å². The molecular weight excluding hydrogens is 513 g/mol. The van der Waals surface area contributed by atoms with Crippen molar-refractivity contribution >= 4 is 37.6 Å². The van der Waals surface area contributed by atoms with Crippen molar-refractivity contribution in [1.29, 1.82) is 0 Å². The minimum atomic E-state index is -4.39. The summed E-state index contributed by atoms with van der Waals surface area (Å²) in [6.45, 7) is 4.54. The number of phosphoric ester groups is 1. The molecular formula is C18H28N3O12PS. The number of amides is 1. The first kappa shape index (κ1) is 28.9. The van der Waals surface area contributed by atoms with Gasteiger partial charge in [0.15, 0.2) is 0 Å². The highest BCUT2D eigenvalue weighted by molar-refractivity contribution is 7.48. The van der Waals surface area contributed by atoms with E-state index in [1.54, 1.807) is 27.7 Å². The summed E-state index contributed by atoms with van der Waals surface area (Å²) in [6, 6.07) is 0. The van der Waals surface area contributed by atoms with Crippen molar-refractivity contribution in [3.05, 3.63) is 10.8 Å². The molecule has 1 fully saturated rings. The molecule has 2 N–H and O–H groups in total. The smallest absolute Gasteiger partial charge is 0.432 e. The maximum absolute atomic E-state index is 12.9. The molecule has 1 amide bonds. The number of phosphoric acid groups is 1. The molecule has 198 valence electrons. The fraction of sp³-hybridized carbons (Fsp3) is 0.722. The molecule has 2 rings (SSSR count). The van der Waals surface area contributed by atoms with Gasteiger partial charge in [0.25, 0.3) is 5.91 Å². The highest BCUT2D eigenvalue weighted by Crippen LogP contribution is 2.50. The zero-order valence-corrected chi connectivity index (χ0v) is 21.3. The third-order valence-corrected chi connectivity index (χ3v) is 6.02. The van der Waals surface area contributed by atoms with E-state index >= 15 is 0 Å². The Morgan fingerprint density at radius 2 is 1.60 bits per heavy atom. The van der Waals surface area contributed by atoms with Gasteiger partial charge in [0.05, 0.1) is 24.9 Å². The van der Waals surface area contributed by atoms with E-state index in [1.165, 1.54) is 0 Å². The van der Waals surface area contributed by atoms with E-state index in [4.69, 9.17) is 33.5 Å². The van der Waals surface area contributed by atoms with Crippen molar-refractivity contribution < 1.29 is 56.2 Å². The Labute approximate surface area is 205 Å². The van der Waals surface area contributed by atoms with E-state index in [1.807, 2.05) is 0 Å².